The maximum Gasteiger partial charge on any atom is 0.321 e. The Morgan fingerprint density at radius 2 is 1.70 bits per heavy atom. The molecule has 1 aliphatic carbocycles. The summed E-state index contributed by atoms with van der Waals surface area (Å²) in [5, 5.41) is 4.98. The van der Waals surface area contributed by atoms with Crippen LogP contribution in [0.2, 0.25) is 0 Å². The number of urea groups is 1. The summed E-state index contributed by atoms with van der Waals surface area (Å²) in [7, 11) is 0. The fourth-order valence-electron chi connectivity index (χ4n) is 4.29. The summed E-state index contributed by atoms with van der Waals surface area (Å²) in [5.74, 6) is -1.20. The molecular weight excluding hydrogens is 386 g/mol. The molecule has 2 fully saturated rings. The molecule has 30 heavy (non-hydrogen) atoms. The quantitative estimate of drug-likeness (QED) is 0.715. The van der Waals surface area contributed by atoms with Crippen molar-refractivity contribution in [1.82, 2.24) is 15.5 Å². The average Bonchev–Trinajstić information content (AvgIpc) is 3.25. The van der Waals surface area contributed by atoms with Crippen molar-refractivity contribution >= 4 is 23.8 Å². The van der Waals surface area contributed by atoms with Crippen LogP contribution in [0.15, 0.2) is 30.3 Å². The summed E-state index contributed by atoms with van der Waals surface area (Å²) < 4.78 is 5.33. The van der Waals surface area contributed by atoms with E-state index < -0.39 is 29.9 Å². The van der Waals surface area contributed by atoms with Gasteiger partial charge in [-0.1, -0.05) is 43.2 Å². The van der Waals surface area contributed by atoms with Gasteiger partial charge in [0.25, 0.3) is 5.91 Å². The lowest BCUT2D eigenvalue weighted by Crippen LogP contribution is -2.50. The van der Waals surface area contributed by atoms with Crippen LogP contribution in [0.5, 0.6) is 0 Å². The molecule has 3 rings (SSSR count). The Kier molecular flexibility index (Phi) is 7.07. The standard InChI is InChI=1S/C22H29N3O5/c1-16(26)25-13-11-22(12-14-25,17-7-3-2-4-8-17)20(28)30-15-19(27)24-21(29)23-18-9-5-6-10-18/h2-4,7-8,18H,5-6,9-15H2,1H3,(H2,23,24,27,29). The molecule has 1 aliphatic heterocycles. The van der Waals surface area contributed by atoms with Crippen LogP contribution in [0.4, 0.5) is 4.79 Å². The number of carbonyl (C=O) groups is 4. The minimum Gasteiger partial charge on any atom is -0.455 e. The molecule has 0 spiro atoms. The number of benzene rings is 1. The zero-order valence-corrected chi connectivity index (χ0v) is 17.3. The van der Waals surface area contributed by atoms with Crippen LogP contribution in [0.3, 0.4) is 0 Å². The molecule has 0 bridgehead atoms. The maximum absolute atomic E-state index is 13.1. The number of rotatable bonds is 5. The van der Waals surface area contributed by atoms with Crippen molar-refractivity contribution in [1.29, 1.82) is 0 Å². The maximum atomic E-state index is 13.1. The average molecular weight is 415 g/mol. The van der Waals surface area contributed by atoms with E-state index >= 15 is 0 Å². The largest absolute Gasteiger partial charge is 0.455 e. The van der Waals surface area contributed by atoms with Gasteiger partial charge >= 0.3 is 12.0 Å². The molecule has 1 heterocycles. The van der Waals surface area contributed by atoms with Gasteiger partial charge in [-0.25, -0.2) is 4.79 Å². The third-order valence-corrected chi connectivity index (χ3v) is 6.06. The molecule has 1 aromatic carbocycles. The summed E-state index contributed by atoms with van der Waals surface area (Å²) in [5.41, 5.74) is -0.114. The van der Waals surface area contributed by atoms with E-state index in [1.54, 1.807) is 4.90 Å². The third kappa shape index (κ3) is 5.17. The third-order valence-electron chi connectivity index (χ3n) is 6.06. The molecule has 8 nitrogen and oxygen atoms in total. The lowest BCUT2D eigenvalue weighted by Gasteiger charge is -2.40. The van der Waals surface area contributed by atoms with Gasteiger partial charge in [0.15, 0.2) is 6.61 Å². The number of likely N-dealkylation sites (tertiary alicyclic amines) is 1. The lowest BCUT2D eigenvalue weighted by molar-refractivity contribution is -0.157. The van der Waals surface area contributed by atoms with Crippen molar-refractivity contribution in [2.45, 2.75) is 56.9 Å². The van der Waals surface area contributed by atoms with E-state index in [1.807, 2.05) is 30.3 Å². The number of esters is 1. The molecular formula is C22H29N3O5. The zero-order chi connectivity index (χ0) is 21.6. The van der Waals surface area contributed by atoms with Crippen LogP contribution in [0.1, 0.15) is 51.0 Å². The number of hydrogen-bond acceptors (Lipinski definition) is 5. The molecule has 0 atom stereocenters. The molecule has 2 aliphatic rings. The topological polar surface area (TPSA) is 105 Å². The number of carbonyl (C=O) groups excluding carboxylic acids is 4. The highest BCUT2D eigenvalue weighted by Crippen LogP contribution is 2.37. The minimum atomic E-state index is -0.917. The highest BCUT2D eigenvalue weighted by molar-refractivity contribution is 5.96. The van der Waals surface area contributed by atoms with Crippen molar-refractivity contribution < 1.29 is 23.9 Å². The number of ether oxygens (including phenoxy) is 1. The molecule has 1 aromatic rings. The Morgan fingerprint density at radius 1 is 1.07 bits per heavy atom. The Labute approximate surface area is 176 Å². The molecule has 8 heteroatoms. The summed E-state index contributed by atoms with van der Waals surface area (Å²) in [6.45, 7) is 1.86. The van der Waals surface area contributed by atoms with E-state index in [0.29, 0.717) is 25.9 Å². The Morgan fingerprint density at radius 3 is 2.30 bits per heavy atom. The first-order valence-corrected chi connectivity index (χ1v) is 10.5. The number of hydrogen-bond donors (Lipinski definition) is 2. The fourth-order valence-corrected chi connectivity index (χ4v) is 4.29. The van der Waals surface area contributed by atoms with Crippen LogP contribution < -0.4 is 10.6 Å². The first-order valence-electron chi connectivity index (χ1n) is 10.5. The highest BCUT2D eigenvalue weighted by atomic mass is 16.5. The van der Waals surface area contributed by atoms with E-state index in [2.05, 4.69) is 10.6 Å². The van der Waals surface area contributed by atoms with E-state index in [1.165, 1.54) is 6.92 Å². The van der Waals surface area contributed by atoms with Crippen molar-refractivity contribution in [3.63, 3.8) is 0 Å². The van der Waals surface area contributed by atoms with Gasteiger partial charge in [-0.3, -0.25) is 19.7 Å². The molecule has 2 N–H and O–H groups in total. The number of nitrogens with one attached hydrogen (secondary N) is 2. The molecule has 1 saturated heterocycles. The van der Waals surface area contributed by atoms with Crippen LogP contribution in [-0.2, 0) is 24.5 Å². The summed E-state index contributed by atoms with van der Waals surface area (Å²) >= 11 is 0. The normalized spacial score (nSPS) is 18.5. The number of piperidine rings is 1. The lowest BCUT2D eigenvalue weighted by atomic mass is 9.72. The summed E-state index contributed by atoms with van der Waals surface area (Å²) in [6.07, 6.45) is 4.79. The van der Waals surface area contributed by atoms with Crippen molar-refractivity contribution in [2.24, 2.45) is 0 Å². The summed E-state index contributed by atoms with van der Waals surface area (Å²) in [6, 6.07) is 8.82. The predicted octanol–water partition coefficient (Wildman–Crippen LogP) is 1.88. The second kappa shape index (κ2) is 9.73. The predicted molar refractivity (Wildman–Crippen MR) is 109 cm³/mol. The van der Waals surface area contributed by atoms with Gasteiger partial charge in [-0.2, -0.15) is 0 Å². The van der Waals surface area contributed by atoms with Gasteiger partial charge in [0.2, 0.25) is 5.91 Å². The van der Waals surface area contributed by atoms with Gasteiger partial charge in [-0.05, 0) is 31.2 Å². The number of imide groups is 1. The SMILES string of the molecule is CC(=O)N1CCC(C(=O)OCC(=O)NC(=O)NC2CCCC2)(c2ccccc2)CC1. The van der Waals surface area contributed by atoms with E-state index in [9.17, 15) is 19.2 Å². The van der Waals surface area contributed by atoms with E-state index in [-0.39, 0.29) is 11.9 Å². The number of nitrogens with zero attached hydrogens (tertiary/aromatic N) is 1. The van der Waals surface area contributed by atoms with E-state index in [0.717, 1.165) is 31.2 Å². The molecule has 0 radical (unpaired) electrons. The summed E-state index contributed by atoms with van der Waals surface area (Å²) in [4.78, 5) is 50.5. The van der Waals surface area contributed by atoms with Crippen molar-refractivity contribution in [3.8, 4) is 0 Å². The van der Waals surface area contributed by atoms with Crippen LogP contribution in [0, 0.1) is 0 Å². The Bertz CT molecular complexity index is 781. The Hall–Kier alpha value is -2.90. The molecule has 4 amide bonds. The monoisotopic (exact) mass is 415 g/mol. The Balaban J connectivity index is 1.59. The van der Waals surface area contributed by atoms with Crippen LogP contribution in [-0.4, -0.2) is 54.5 Å². The molecule has 0 unspecified atom stereocenters. The van der Waals surface area contributed by atoms with E-state index in [4.69, 9.17) is 4.74 Å². The van der Waals surface area contributed by atoms with Gasteiger partial charge in [0.05, 0.1) is 5.41 Å². The van der Waals surface area contributed by atoms with Gasteiger partial charge < -0.3 is 15.0 Å². The van der Waals surface area contributed by atoms with Gasteiger partial charge in [0, 0.05) is 26.1 Å². The van der Waals surface area contributed by atoms with Crippen LogP contribution >= 0.6 is 0 Å². The second-order valence-electron chi connectivity index (χ2n) is 8.03. The minimum absolute atomic E-state index is 0.0299. The first-order chi connectivity index (χ1) is 14.4. The second-order valence-corrected chi connectivity index (χ2v) is 8.03. The smallest absolute Gasteiger partial charge is 0.321 e. The van der Waals surface area contributed by atoms with Gasteiger partial charge in [0.1, 0.15) is 0 Å². The van der Waals surface area contributed by atoms with Crippen LogP contribution in [0.25, 0.3) is 0 Å². The first kappa shape index (κ1) is 21.8. The molecule has 0 aromatic heterocycles. The fraction of sp³-hybridized carbons (Fsp3) is 0.545. The molecule has 162 valence electrons. The van der Waals surface area contributed by atoms with Gasteiger partial charge in [-0.15, -0.1) is 0 Å². The number of amides is 4. The molecule has 1 saturated carbocycles. The highest BCUT2D eigenvalue weighted by Gasteiger charge is 2.45. The van der Waals surface area contributed by atoms with Crippen molar-refractivity contribution in [3.05, 3.63) is 35.9 Å². The van der Waals surface area contributed by atoms with Crippen molar-refractivity contribution in [2.75, 3.05) is 19.7 Å². The zero-order valence-electron chi connectivity index (χ0n) is 17.3.